The maximum atomic E-state index is 10.5. The average Bonchev–Trinajstić information content (AvgIpc) is 2.28. The molecule has 0 unspecified atom stereocenters. The maximum absolute atomic E-state index is 10.5. The van der Waals surface area contributed by atoms with E-state index in [4.69, 9.17) is 9.47 Å². The van der Waals surface area contributed by atoms with Crippen LogP contribution < -0.4 is 14.8 Å². The molecule has 4 nitrogen and oxygen atoms in total. The zero-order valence-electron chi connectivity index (χ0n) is 9.66. The number of allylic oxidation sites excluding steroid dienone is 1. The monoisotopic (exact) mass is 221 g/mol. The molecule has 1 N–H and O–H groups in total. The van der Waals surface area contributed by atoms with Crippen molar-refractivity contribution >= 4 is 17.7 Å². The summed E-state index contributed by atoms with van der Waals surface area (Å²) in [6.45, 7) is 5.71. The molecule has 0 aliphatic heterocycles. The topological polar surface area (TPSA) is 47.6 Å². The number of anilines is 1. The molecule has 4 heteroatoms. The highest BCUT2D eigenvalue weighted by atomic mass is 16.5. The predicted molar refractivity (Wildman–Crippen MR) is 63.9 cm³/mol. The zero-order chi connectivity index (χ0) is 12.1. The fraction of sp³-hybridized carbons (Fsp3) is 0.250. The van der Waals surface area contributed by atoms with Gasteiger partial charge in [0.05, 0.1) is 19.9 Å². The van der Waals surface area contributed by atoms with Crippen molar-refractivity contribution in [3.05, 3.63) is 24.3 Å². The number of ether oxygens (including phenoxy) is 2. The predicted octanol–water partition coefficient (Wildman–Crippen LogP) is 2.31. The molecule has 1 rings (SSSR count). The van der Waals surface area contributed by atoms with Crippen molar-refractivity contribution in [1.82, 2.24) is 0 Å². The van der Waals surface area contributed by atoms with E-state index in [1.165, 1.54) is 0 Å². The summed E-state index contributed by atoms with van der Waals surface area (Å²) in [7, 11) is 3.11. The van der Waals surface area contributed by atoms with Gasteiger partial charge < -0.3 is 14.8 Å². The molecule has 0 saturated heterocycles. The van der Waals surface area contributed by atoms with Gasteiger partial charge in [0, 0.05) is 11.6 Å². The standard InChI is InChI=1S/C12H15NO3/c1-8(2)9-5-11(15-3)12(16-4)6-10(9)13-7-14/h5-7H,1H2,2-4H3,(H,13,14). The van der Waals surface area contributed by atoms with Crippen LogP contribution in [0.3, 0.4) is 0 Å². The number of carbonyl (C=O) groups is 1. The van der Waals surface area contributed by atoms with Crippen LogP contribution in [-0.2, 0) is 4.79 Å². The quantitative estimate of drug-likeness (QED) is 0.776. The molecule has 1 aromatic rings. The van der Waals surface area contributed by atoms with Crippen LogP contribution in [-0.4, -0.2) is 20.6 Å². The molecule has 0 heterocycles. The van der Waals surface area contributed by atoms with Crippen LogP contribution in [0.2, 0.25) is 0 Å². The Morgan fingerprint density at radius 3 is 2.31 bits per heavy atom. The second-order valence-corrected chi connectivity index (χ2v) is 3.30. The first kappa shape index (κ1) is 12.1. The minimum Gasteiger partial charge on any atom is -0.493 e. The summed E-state index contributed by atoms with van der Waals surface area (Å²) in [4.78, 5) is 10.5. The summed E-state index contributed by atoms with van der Waals surface area (Å²) in [6, 6.07) is 3.49. The van der Waals surface area contributed by atoms with E-state index in [0.29, 0.717) is 23.6 Å². The Hall–Kier alpha value is -1.97. The van der Waals surface area contributed by atoms with Crippen LogP contribution in [0.25, 0.3) is 5.57 Å². The maximum Gasteiger partial charge on any atom is 0.211 e. The average molecular weight is 221 g/mol. The number of methoxy groups -OCH3 is 2. The van der Waals surface area contributed by atoms with E-state index in [1.807, 2.05) is 6.92 Å². The molecular formula is C12H15NO3. The van der Waals surface area contributed by atoms with Crippen LogP contribution in [0.1, 0.15) is 12.5 Å². The fourth-order valence-electron chi connectivity index (χ4n) is 1.41. The molecule has 0 atom stereocenters. The van der Waals surface area contributed by atoms with E-state index in [-0.39, 0.29) is 0 Å². The van der Waals surface area contributed by atoms with Crippen molar-refractivity contribution in [3.63, 3.8) is 0 Å². The number of nitrogens with one attached hydrogen (secondary N) is 1. The highest BCUT2D eigenvalue weighted by Crippen LogP contribution is 2.35. The largest absolute Gasteiger partial charge is 0.493 e. The van der Waals surface area contributed by atoms with Gasteiger partial charge in [0.2, 0.25) is 6.41 Å². The van der Waals surface area contributed by atoms with Gasteiger partial charge in [0.25, 0.3) is 0 Å². The van der Waals surface area contributed by atoms with Gasteiger partial charge in [-0.3, -0.25) is 4.79 Å². The van der Waals surface area contributed by atoms with Crippen molar-refractivity contribution in [2.45, 2.75) is 6.92 Å². The van der Waals surface area contributed by atoms with Gasteiger partial charge in [-0.05, 0) is 18.6 Å². The summed E-state index contributed by atoms with van der Waals surface area (Å²) < 4.78 is 10.3. The molecule has 1 amide bonds. The molecule has 0 bridgehead atoms. The van der Waals surface area contributed by atoms with Gasteiger partial charge in [-0.2, -0.15) is 0 Å². The normalized spacial score (nSPS) is 9.44. The SMILES string of the molecule is C=C(C)c1cc(OC)c(OC)cc1NC=O. The van der Waals surface area contributed by atoms with E-state index in [1.54, 1.807) is 26.4 Å². The Morgan fingerprint density at radius 1 is 1.31 bits per heavy atom. The second kappa shape index (κ2) is 5.21. The number of carbonyl (C=O) groups excluding carboxylic acids is 1. The third-order valence-corrected chi connectivity index (χ3v) is 2.20. The summed E-state index contributed by atoms with van der Waals surface area (Å²) in [6.07, 6.45) is 0.619. The summed E-state index contributed by atoms with van der Waals surface area (Å²) in [5.41, 5.74) is 2.32. The minimum absolute atomic E-state index is 0.567. The van der Waals surface area contributed by atoms with Crippen LogP contribution in [0.15, 0.2) is 18.7 Å². The van der Waals surface area contributed by atoms with Crippen molar-refractivity contribution in [3.8, 4) is 11.5 Å². The van der Waals surface area contributed by atoms with Gasteiger partial charge in [0.1, 0.15) is 0 Å². The van der Waals surface area contributed by atoms with E-state index in [2.05, 4.69) is 11.9 Å². The summed E-state index contributed by atoms with van der Waals surface area (Å²) in [5, 5.41) is 2.61. The van der Waals surface area contributed by atoms with Crippen LogP contribution in [0, 0.1) is 0 Å². The lowest BCUT2D eigenvalue weighted by Crippen LogP contribution is -2.00. The van der Waals surface area contributed by atoms with Crippen molar-refractivity contribution in [2.24, 2.45) is 0 Å². The van der Waals surface area contributed by atoms with Gasteiger partial charge in [-0.15, -0.1) is 0 Å². The van der Waals surface area contributed by atoms with Crippen molar-refractivity contribution in [2.75, 3.05) is 19.5 Å². The van der Waals surface area contributed by atoms with E-state index < -0.39 is 0 Å². The number of amides is 1. The van der Waals surface area contributed by atoms with Crippen LogP contribution >= 0.6 is 0 Å². The summed E-state index contributed by atoms with van der Waals surface area (Å²) in [5.74, 6) is 1.17. The highest BCUT2D eigenvalue weighted by molar-refractivity contribution is 5.84. The van der Waals surface area contributed by atoms with E-state index in [9.17, 15) is 4.79 Å². The number of hydrogen-bond donors (Lipinski definition) is 1. The Labute approximate surface area is 94.9 Å². The Kier molecular flexibility index (Phi) is 3.94. The molecule has 1 aromatic carbocycles. The molecule has 0 aromatic heterocycles. The number of hydrogen-bond acceptors (Lipinski definition) is 3. The lowest BCUT2D eigenvalue weighted by atomic mass is 10.1. The Balaban J connectivity index is 3.34. The first-order chi connectivity index (χ1) is 7.63. The van der Waals surface area contributed by atoms with Crippen LogP contribution in [0.4, 0.5) is 5.69 Å². The molecule has 0 aliphatic rings. The molecule has 16 heavy (non-hydrogen) atoms. The van der Waals surface area contributed by atoms with E-state index in [0.717, 1.165) is 11.1 Å². The molecule has 0 saturated carbocycles. The third-order valence-electron chi connectivity index (χ3n) is 2.20. The first-order valence-electron chi connectivity index (χ1n) is 4.76. The van der Waals surface area contributed by atoms with Crippen LogP contribution in [0.5, 0.6) is 11.5 Å². The van der Waals surface area contributed by atoms with Crippen molar-refractivity contribution < 1.29 is 14.3 Å². The lowest BCUT2D eigenvalue weighted by Gasteiger charge is -2.14. The molecule has 0 fully saturated rings. The fourth-order valence-corrected chi connectivity index (χ4v) is 1.41. The zero-order valence-corrected chi connectivity index (χ0v) is 9.66. The highest BCUT2D eigenvalue weighted by Gasteiger charge is 2.11. The summed E-state index contributed by atoms with van der Waals surface area (Å²) >= 11 is 0. The molecule has 0 spiro atoms. The van der Waals surface area contributed by atoms with Gasteiger partial charge in [-0.1, -0.05) is 6.58 Å². The number of rotatable bonds is 5. The van der Waals surface area contributed by atoms with Gasteiger partial charge >= 0.3 is 0 Å². The lowest BCUT2D eigenvalue weighted by molar-refractivity contribution is -0.105. The molecule has 0 aliphatic carbocycles. The molecule has 0 radical (unpaired) electrons. The number of benzene rings is 1. The van der Waals surface area contributed by atoms with Gasteiger partial charge in [0.15, 0.2) is 11.5 Å². The van der Waals surface area contributed by atoms with E-state index >= 15 is 0 Å². The molecule has 86 valence electrons. The minimum atomic E-state index is 0.567. The Morgan fingerprint density at radius 2 is 1.88 bits per heavy atom. The first-order valence-corrected chi connectivity index (χ1v) is 4.76. The molecular weight excluding hydrogens is 206 g/mol. The third kappa shape index (κ3) is 2.34. The van der Waals surface area contributed by atoms with Crippen molar-refractivity contribution in [1.29, 1.82) is 0 Å². The smallest absolute Gasteiger partial charge is 0.211 e. The van der Waals surface area contributed by atoms with Gasteiger partial charge in [-0.25, -0.2) is 0 Å². The Bertz CT molecular complexity index is 413. The second-order valence-electron chi connectivity index (χ2n) is 3.30.